The standard InChI is InChI=1S/C12H13N3OS/c1-15(2)12-13-7-6-11(14-12)17-10-5-3-4-9(16)8-10/h3-8,16H,1-2H3. The zero-order valence-electron chi connectivity index (χ0n) is 9.66. The van der Waals surface area contributed by atoms with E-state index in [1.165, 1.54) is 11.8 Å². The summed E-state index contributed by atoms with van der Waals surface area (Å²) in [7, 11) is 3.80. The van der Waals surface area contributed by atoms with Crippen molar-refractivity contribution in [2.24, 2.45) is 0 Å². The Morgan fingerprint density at radius 3 is 2.76 bits per heavy atom. The fourth-order valence-corrected chi connectivity index (χ4v) is 2.10. The highest BCUT2D eigenvalue weighted by atomic mass is 32.2. The van der Waals surface area contributed by atoms with Crippen molar-refractivity contribution >= 4 is 17.7 Å². The number of hydrogen-bond donors (Lipinski definition) is 1. The van der Waals surface area contributed by atoms with Crippen LogP contribution in [0.3, 0.4) is 0 Å². The first-order chi connectivity index (χ1) is 8.15. The van der Waals surface area contributed by atoms with Gasteiger partial charge in [0.2, 0.25) is 5.95 Å². The Bertz CT molecular complexity index is 517. The van der Waals surface area contributed by atoms with E-state index in [0.717, 1.165) is 9.92 Å². The van der Waals surface area contributed by atoms with Crippen LogP contribution in [0.25, 0.3) is 0 Å². The molecule has 1 aromatic heterocycles. The van der Waals surface area contributed by atoms with Crippen LogP contribution in [0.2, 0.25) is 0 Å². The molecule has 0 saturated carbocycles. The molecule has 0 saturated heterocycles. The summed E-state index contributed by atoms with van der Waals surface area (Å²) >= 11 is 1.50. The number of nitrogens with zero attached hydrogens (tertiary/aromatic N) is 3. The molecule has 1 N–H and O–H groups in total. The van der Waals surface area contributed by atoms with Gasteiger partial charge in [0.25, 0.3) is 0 Å². The Hall–Kier alpha value is -1.75. The maximum Gasteiger partial charge on any atom is 0.225 e. The van der Waals surface area contributed by atoms with Crippen molar-refractivity contribution in [1.82, 2.24) is 9.97 Å². The molecular formula is C12H13N3OS. The van der Waals surface area contributed by atoms with E-state index in [1.807, 2.05) is 37.2 Å². The van der Waals surface area contributed by atoms with Gasteiger partial charge in [-0.1, -0.05) is 17.8 Å². The number of anilines is 1. The minimum atomic E-state index is 0.261. The van der Waals surface area contributed by atoms with Crippen molar-refractivity contribution in [3.05, 3.63) is 36.5 Å². The average molecular weight is 247 g/mol. The van der Waals surface area contributed by atoms with Gasteiger partial charge in [-0.05, 0) is 24.3 Å². The van der Waals surface area contributed by atoms with Crippen molar-refractivity contribution in [3.8, 4) is 5.75 Å². The van der Waals surface area contributed by atoms with Gasteiger partial charge in [0.15, 0.2) is 0 Å². The van der Waals surface area contributed by atoms with Crippen molar-refractivity contribution in [1.29, 1.82) is 0 Å². The number of hydrogen-bond acceptors (Lipinski definition) is 5. The lowest BCUT2D eigenvalue weighted by Crippen LogP contribution is -2.12. The van der Waals surface area contributed by atoms with Gasteiger partial charge < -0.3 is 10.0 Å². The van der Waals surface area contributed by atoms with E-state index in [2.05, 4.69) is 9.97 Å². The summed E-state index contributed by atoms with van der Waals surface area (Å²) in [6.45, 7) is 0. The second-order valence-electron chi connectivity index (χ2n) is 3.69. The Balaban J connectivity index is 2.21. The molecule has 0 spiro atoms. The molecule has 0 fully saturated rings. The lowest BCUT2D eigenvalue weighted by atomic mass is 10.3. The van der Waals surface area contributed by atoms with Gasteiger partial charge in [0.1, 0.15) is 10.8 Å². The predicted octanol–water partition coefficient (Wildman–Crippen LogP) is 2.40. The van der Waals surface area contributed by atoms with Crippen LogP contribution in [0, 0.1) is 0 Å². The summed E-state index contributed by atoms with van der Waals surface area (Å²) in [5, 5.41) is 10.2. The fraction of sp³-hybridized carbons (Fsp3) is 0.167. The van der Waals surface area contributed by atoms with E-state index >= 15 is 0 Å². The Kier molecular flexibility index (Phi) is 3.49. The third kappa shape index (κ3) is 3.10. The molecule has 0 radical (unpaired) electrons. The number of aromatic nitrogens is 2. The maximum absolute atomic E-state index is 9.38. The average Bonchev–Trinajstić information content (AvgIpc) is 2.29. The molecule has 1 heterocycles. The van der Waals surface area contributed by atoms with Gasteiger partial charge in [-0.3, -0.25) is 0 Å². The zero-order valence-corrected chi connectivity index (χ0v) is 10.5. The van der Waals surface area contributed by atoms with Crippen molar-refractivity contribution in [2.45, 2.75) is 9.92 Å². The molecule has 4 nitrogen and oxygen atoms in total. The van der Waals surface area contributed by atoms with E-state index in [4.69, 9.17) is 0 Å². The minimum Gasteiger partial charge on any atom is -0.508 e. The largest absolute Gasteiger partial charge is 0.508 e. The number of phenols is 1. The first-order valence-corrected chi connectivity index (χ1v) is 5.94. The summed E-state index contributed by atoms with van der Waals surface area (Å²) in [4.78, 5) is 11.3. The molecule has 88 valence electrons. The van der Waals surface area contributed by atoms with Crippen molar-refractivity contribution in [2.75, 3.05) is 19.0 Å². The summed E-state index contributed by atoms with van der Waals surface area (Å²) < 4.78 is 0. The van der Waals surface area contributed by atoms with E-state index in [1.54, 1.807) is 18.3 Å². The molecule has 2 aromatic rings. The van der Waals surface area contributed by atoms with Crippen LogP contribution in [-0.2, 0) is 0 Å². The van der Waals surface area contributed by atoms with E-state index in [9.17, 15) is 5.11 Å². The van der Waals surface area contributed by atoms with Crippen LogP contribution in [-0.4, -0.2) is 29.2 Å². The van der Waals surface area contributed by atoms with Gasteiger partial charge in [-0.2, -0.15) is 0 Å². The molecule has 1 aromatic carbocycles. The topological polar surface area (TPSA) is 49.2 Å². The predicted molar refractivity (Wildman–Crippen MR) is 68.6 cm³/mol. The summed E-state index contributed by atoms with van der Waals surface area (Å²) in [5.74, 6) is 0.937. The normalized spacial score (nSPS) is 10.2. The highest BCUT2D eigenvalue weighted by Crippen LogP contribution is 2.28. The zero-order chi connectivity index (χ0) is 12.3. The van der Waals surface area contributed by atoms with Crippen LogP contribution in [0.5, 0.6) is 5.75 Å². The highest BCUT2D eigenvalue weighted by Gasteiger charge is 2.03. The minimum absolute atomic E-state index is 0.261. The Morgan fingerprint density at radius 2 is 2.06 bits per heavy atom. The number of rotatable bonds is 3. The molecule has 0 aliphatic carbocycles. The van der Waals surface area contributed by atoms with Crippen molar-refractivity contribution in [3.63, 3.8) is 0 Å². The molecule has 0 unspecified atom stereocenters. The number of phenolic OH excluding ortho intramolecular Hbond substituents is 1. The summed E-state index contributed by atoms with van der Waals surface area (Å²) in [6.07, 6.45) is 1.73. The fourth-order valence-electron chi connectivity index (χ4n) is 1.27. The second kappa shape index (κ2) is 5.05. The molecule has 5 heteroatoms. The van der Waals surface area contributed by atoms with Crippen LogP contribution in [0.4, 0.5) is 5.95 Å². The number of aromatic hydroxyl groups is 1. The van der Waals surface area contributed by atoms with E-state index in [-0.39, 0.29) is 5.75 Å². The van der Waals surface area contributed by atoms with Gasteiger partial charge in [0.05, 0.1) is 0 Å². The summed E-state index contributed by atoms with van der Waals surface area (Å²) in [5.41, 5.74) is 0. The third-order valence-electron chi connectivity index (χ3n) is 2.06. The van der Waals surface area contributed by atoms with Crippen LogP contribution >= 0.6 is 11.8 Å². The molecule has 0 aliphatic heterocycles. The first-order valence-electron chi connectivity index (χ1n) is 5.12. The molecule has 0 bridgehead atoms. The molecule has 0 aliphatic rings. The molecule has 2 rings (SSSR count). The number of benzene rings is 1. The third-order valence-corrected chi connectivity index (χ3v) is 2.98. The van der Waals surface area contributed by atoms with Gasteiger partial charge in [0, 0.05) is 25.2 Å². The lowest BCUT2D eigenvalue weighted by Gasteiger charge is -2.10. The molecule has 0 atom stereocenters. The van der Waals surface area contributed by atoms with E-state index < -0.39 is 0 Å². The Labute approximate surface area is 104 Å². The van der Waals surface area contributed by atoms with Crippen molar-refractivity contribution < 1.29 is 5.11 Å². The smallest absolute Gasteiger partial charge is 0.225 e. The quantitative estimate of drug-likeness (QED) is 0.844. The molecule has 17 heavy (non-hydrogen) atoms. The monoisotopic (exact) mass is 247 g/mol. The SMILES string of the molecule is CN(C)c1nccc(Sc2cccc(O)c2)n1. The Morgan fingerprint density at radius 1 is 1.24 bits per heavy atom. The van der Waals surface area contributed by atoms with Crippen LogP contribution in [0.1, 0.15) is 0 Å². The lowest BCUT2D eigenvalue weighted by molar-refractivity contribution is 0.474. The van der Waals surface area contributed by atoms with Gasteiger partial charge in [-0.25, -0.2) is 9.97 Å². The second-order valence-corrected chi connectivity index (χ2v) is 4.78. The van der Waals surface area contributed by atoms with Gasteiger partial charge >= 0.3 is 0 Å². The highest BCUT2D eigenvalue weighted by molar-refractivity contribution is 7.99. The summed E-state index contributed by atoms with van der Waals surface area (Å²) in [6, 6.07) is 8.95. The van der Waals surface area contributed by atoms with E-state index in [0.29, 0.717) is 5.95 Å². The first kappa shape index (κ1) is 11.7. The van der Waals surface area contributed by atoms with Crippen LogP contribution < -0.4 is 4.90 Å². The van der Waals surface area contributed by atoms with Gasteiger partial charge in [-0.15, -0.1) is 0 Å². The molecule has 0 amide bonds. The maximum atomic E-state index is 9.38. The van der Waals surface area contributed by atoms with Crippen LogP contribution in [0.15, 0.2) is 46.5 Å². The molecular weight excluding hydrogens is 234 g/mol.